The Hall–Kier alpha value is -2.54. The van der Waals surface area contributed by atoms with Crippen LogP contribution in [-0.4, -0.2) is 51.2 Å². The molecule has 1 unspecified atom stereocenters. The zero-order valence-corrected chi connectivity index (χ0v) is 19.8. The first-order chi connectivity index (χ1) is 14.2. The standard InChI is InChI=1S/C24H34N2O5/c1-22(2,3)30-20(27)25-14-16(18-11-9-10-12-19(18)25)13-17-15-29-24(7,8)26(17)21(28)31-23(4,5)6/h9-12,14,17H,13,15H2,1-8H3. The molecule has 1 aliphatic heterocycles. The molecule has 7 heteroatoms. The fourth-order valence-electron chi connectivity index (χ4n) is 3.84. The van der Waals surface area contributed by atoms with Crippen LogP contribution in [0.3, 0.4) is 0 Å². The smallest absolute Gasteiger partial charge is 0.419 e. The van der Waals surface area contributed by atoms with Crippen LogP contribution in [-0.2, 0) is 20.6 Å². The maximum absolute atomic E-state index is 13.0. The first-order valence-electron chi connectivity index (χ1n) is 10.7. The molecule has 1 aliphatic rings. The zero-order valence-electron chi connectivity index (χ0n) is 19.8. The second kappa shape index (κ2) is 7.86. The van der Waals surface area contributed by atoms with Crippen molar-refractivity contribution in [3.63, 3.8) is 0 Å². The van der Waals surface area contributed by atoms with Crippen molar-refractivity contribution >= 4 is 23.1 Å². The minimum absolute atomic E-state index is 0.220. The summed E-state index contributed by atoms with van der Waals surface area (Å²) >= 11 is 0. The number of carbonyl (C=O) groups is 2. The van der Waals surface area contributed by atoms with E-state index in [1.807, 2.05) is 79.7 Å². The molecule has 0 radical (unpaired) electrons. The fourth-order valence-corrected chi connectivity index (χ4v) is 3.84. The molecule has 1 fully saturated rings. The number of fused-ring (bicyclic) bond motifs is 1. The minimum atomic E-state index is -0.781. The SMILES string of the molecule is CC(C)(C)OC(=O)N1C(Cc2cn(C(=O)OC(C)(C)C)c3ccccc23)COC1(C)C. The van der Waals surface area contributed by atoms with E-state index in [4.69, 9.17) is 14.2 Å². The van der Waals surface area contributed by atoms with Gasteiger partial charge in [0.1, 0.15) is 16.9 Å². The van der Waals surface area contributed by atoms with Crippen LogP contribution in [0.15, 0.2) is 30.5 Å². The second-order valence-corrected chi connectivity index (χ2v) is 10.5. The third kappa shape index (κ3) is 5.21. The Morgan fingerprint density at radius 3 is 2.23 bits per heavy atom. The predicted molar refractivity (Wildman–Crippen MR) is 119 cm³/mol. The van der Waals surface area contributed by atoms with Crippen molar-refractivity contribution in [2.24, 2.45) is 0 Å². The first-order valence-corrected chi connectivity index (χ1v) is 10.7. The van der Waals surface area contributed by atoms with Gasteiger partial charge in [0.15, 0.2) is 0 Å². The minimum Gasteiger partial charge on any atom is -0.444 e. The number of ether oxygens (including phenoxy) is 3. The fraction of sp³-hybridized carbons (Fsp3) is 0.583. The predicted octanol–water partition coefficient (Wildman–Crippen LogP) is 5.34. The van der Waals surface area contributed by atoms with E-state index in [2.05, 4.69) is 0 Å². The Morgan fingerprint density at radius 2 is 1.61 bits per heavy atom. The molecule has 1 amide bonds. The van der Waals surface area contributed by atoms with Crippen LogP contribution in [0.4, 0.5) is 9.59 Å². The summed E-state index contributed by atoms with van der Waals surface area (Å²) < 4.78 is 18.7. The number of nitrogens with zero attached hydrogens (tertiary/aromatic N) is 2. The number of para-hydroxylation sites is 1. The van der Waals surface area contributed by atoms with Crippen LogP contribution in [0.1, 0.15) is 61.0 Å². The summed E-state index contributed by atoms with van der Waals surface area (Å²) in [6, 6.07) is 7.48. The average molecular weight is 431 g/mol. The van der Waals surface area contributed by atoms with Crippen LogP contribution in [0.25, 0.3) is 10.9 Å². The molecule has 0 aliphatic carbocycles. The first kappa shape index (κ1) is 23.1. The molecule has 2 aromatic rings. The van der Waals surface area contributed by atoms with E-state index in [9.17, 15) is 9.59 Å². The number of hydrogen-bond donors (Lipinski definition) is 0. The number of carbonyl (C=O) groups excluding carboxylic acids is 2. The number of benzene rings is 1. The van der Waals surface area contributed by atoms with E-state index < -0.39 is 29.1 Å². The molecule has 31 heavy (non-hydrogen) atoms. The summed E-state index contributed by atoms with van der Waals surface area (Å²) in [7, 11) is 0. The molecule has 1 aromatic carbocycles. The quantitative estimate of drug-likeness (QED) is 0.643. The highest BCUT2D eigenvalue weighted by Crippen LogP contribution is 2.33. The van der Waals surface area contributed by atoms with Crippen LogP contribution < -0.4 is 0 Å². The third-order valence-corrected chi connectivity index (χ3v) is 5.00. The summed E-state index contributed by atoms with van der Waals surface area (Å²) in [5, 5.41) is 0.946. The van der Waals surface area contributed by atoms with Gasteiger partial charge in [-0.25, -0.2) is 9.59 Å². The molecule has 7 nitrogen and oxygen atoms in total. The van der Waals surface area contributed by atoms with E-state index in [-0.39, 0.29) is 6.04 Å². The van der Waals surface area contributed by atoms with Gasteiger partial charge in [-0.2, -0.15) is 0 Å². The van der Waals surface area contributed by atoms with E-state index in [0.717, 1.165) is 16.5 Å². The summed E-state index contributed by atoms with van der Waals surface area (Å²) in [6.07, 6.45) is 1.49. The summed E-state index contributed by atoms with van der Waals surface area (Å²) in [6.45, 7) is 15.2. The van der Waals surface area contributed by atoms with Crippen LogP contribution in [0, 0.1) is 0 Å². The van der Waals surface area contributed by atoms with Gasteiger partial charge in [-0.1, -0.05) is 18.2 Å². The van der Waals surface area contributed by atoms with Gasteiger partial charge in [0.05, 0.1) is 18.2 Å². The summed E-state index contributed by atoms with van der Waals surface area (Å²) in [5.41, 5.74) is -0.265. The highest BCUT2D eigenvalue weighted by molar-refractivity contribution is 5.92. The Bertz CT molecular complexity index is 978. The second-order valence-electron chi connectivity index (χ2n) is 10.5. The van der Waals surface area contributed by atoms with Gasteiger partial charge in [-0.05, 0) is 73.4 Å². The van der Waals surface area contributed by atoms with Crippen molar-refractivity contribution in [3.8, 4) is 0 Å². The average Bonchev–Trinajstić information content (AvgIpc) is 3.10. The lowest BCUT2D eigenvalue weighted by atomic mass is 10.0. The van der Waals surface area contributed by atoms with Crippen LogP contribution in [0.2, 0.25) is 0 Å². The molecule has 1 atom stereocenters. The molecule has 1 saturated heterocycles. The topological polar surface area (TPSA) is 70.0 Å². The lowest BCUT2D eigenvalue weighted by Gasteiger charge is -2.35. The highest BCUT2D eigenvalue weighted by atomic mass is 16.6. The van der Waals surface area contributed by atoms with E-state index in [1.165, 1.54) is 4.57 Å². The maximum atomic E-state index is 13.0. The zero-order chi connectivity index (χ0) is 23.2. The van der Waals surface area contributed by atoms with Crippen molar-refractivity contribution in [3.05, 3.63) is 36.0 Å². The Kier molecular flexibility index (Phi) is 5.86. The molecule has 0 N–H and O–H groups in total. The van der Waals surface area contributed by atoms with Crippen LogP contribution in [0.5, 0.6) is 0 Å². The molecule has 1 aromatic heterocycles. The van der Waals surface area contributed by atoms with Crippen molar-refractivity contribution < 1.29 is 23.8 Å². The molecule has 3 rings (SSSR count). The molecule has 2 heterocycles. The van der Waals surface area contributed by atoms with E-state index >= 15 is 0 Å². The lowest BCUT2D eigenvalue weighted by molar-refractivity contribution is -0.0624. The van der Waals surface area contributed by atoms with Gasteiger partial charge in [0, 0.05) is 11.6 Å². The molecule has 0 bridgehead atoms. The van der Waals surface area contributed by atoms with Gasteiger partial charge in [0.25, 0.3) is 0 Å². The van der Waals surface area contributed by atoms with E-state index in [1.54, 1.807) is 11.1 Å². The largest absolute Gasteiger partial charge is 0.444 e. The molecular formula is C24H34N2O5. The number of rotatable bonds is 2. The van der Waals surface area contributed by atoms with Gasteiger partial charge in [-0.15, -0.1) is 0 Å². The highest BCUT2D eigenvalue weighted by Gasteiger charge is 2.45. The Labute approximate surface area is 184 Å². The summed E-state index contributed by atoms with van der Waals surface area (Å²) in [5.74, 6) is 0. The summed E-state index contributed by atoms with van der Waals surface area (Å²) in [4.78, 5) is 27.4. The van der Waals surface area contributed by atoms with Gasteiger partial charge in [0.2, 0.25) is 0 Å². The Morgan fingerprint density at radius 1 is 1.03 bits per heavy atom. The van der Waals surface area contributed by atoms with Crippen molar-refractivity contribution in [2.45, 2.75) is 84.8 Å². The van der Waals surface area contributed by atoms with E-state index in [0.29, 0.717) is 13.0 Å². The van der Waals surface area contributed by atoms with Crippen molar-refractivity contribution in [1.29, 1.82) is 0 Å². The molecule has 0 spiro atoms. The normalized spacial score (nSPS) is 19.0. The Balaban J connectivity index is 1.94. The number of hydrogen-bond acceptors (Lipinski definition) is 5. The van der Waals surface area contributed by atoms with Crippen molar-refractivity contribution in [2.75, 3.05) is 6.61 Å². The van der Waals surface area contributed by atoms with Crippen molar-refractivity contribution in [1.82, 2.24) is 9.47 Å². The molecular weight excluding hydrogens is 396 g/mol. The monoisotopic (exact) mass is 430 g/mol. The third-order valence-electron chi connectivity index (χ3n) is 5.00. The maximum Gasteiger partial charge on any atom is 0.419 e. The van der Waals surface area contributed by atoms with Gasteiger partial charge < -0.3 is 14.2 Å². The number of aromatic nitrogens is 1. The number of amides is 1. The van der Waals surface area contributed by atoms with Crippen LogP contribution >= 0.6 is 0 Å². The molecule has 170 valence electrons. The lowest BCUT2D eigenvalue weighted by Crippen LogP contribution is -2.50. The van der Waals surface area contributed by atoms with Gasteiger partial charge >= 0.3 is 12.2 Å². The van der Waals surface area contributed by atoms with Gasteiger partial charge in [-0.3, -0.25) is 9.47 Å². The molecule has 0 saturated carbocycles.